The molecular formula is C34H33ClF6O5S2. The van der Waals surface area contributed by atoms with Crippen LogP contribution < -0.4 is 0 Å². The highest BCUT2D eigenvalue weighted by Gasteiger charge is 2.81. The largest absolute Gasteiger partial charge is 0.747 e. The van der Waals surface area contributed by atoms with Crippen molar-refractivity contribution in [2.24, 2.45) is 22.7 Å². The van der Waals surface area contributed by atoms with E-state index < -0.39 is 45.2 Å². The van der Waals surface area contributed by atoms with Gasteiger partial charge < -0.3 is 9.29 Å². The summed E-state index contributed by atoms with van der Waals surface area (Å²) in [6.45, 7) is -0.819. The fourth-order valence-electron chi connectivity index (χ4n) is 8.15. The van der Waals surface area contributed by atoms with E-state index in [2.05, 4.69) is 95.7 Å². The molecule has 0 amide bonds. The molecule has 260 valence electrons. The third-order valence-electron chi connectivity index (χ3n) is 9.49. The molecular weight excluding hydrogens is 702 g/mol. The number of ether oxygens (including phenoxy) is 1. The summed E-state index contributed by atoms with van der Waals surface area (Å²) < 4.78 is 111. The zero-order valence-corrected chi connectivity index (χ0v) is 27.9. The minimum absolute atomic E-state index is 0.0146. The molecule has 2 unspecified atom stereocenters. The number of alkyl halides is 7. The maximum absolute atomic E-state index is 13.2. The lowest BCUT2D eigenvalue weighted by molar-refractivity contribution is -0.270. The average molecular weight is 735 g/mol. The Labute approximate surface area is 283 Å². The number of benzene rings is 3. The van der Waals surface area contributed by atoms with E-state index in [1.807, 2.05) is 0 Å². The number of carbonyl (C=O) groups excluding carboxylic acids is 1. The summed E-state index contributed by atoms with van der Waals surface area (Å²) >= 11 is 6.07. The summed E-state index contributed by atoms with van der Waals surface area (Å²) in [6, 6.07) is 32.2. The second-order valence-electron chi connectivity index (χ2n) is 13.0. The van der Waals surface area contributed by atoms with Gasteiger partial charge in [0.2, 0.25) is 0 Å². The quantitative estimate of drug-likeness (QED) is 0.0762. The predicted molar refractivity (Wildman–Crippen MR) is 167 cm³/mol. The van der Waals surface area contributed by atoms with E-state index in [0.717, 1.165) is 19.3 Å². The fraction of sp³-hybridized carbons (Fsp3) is 0.441. The summed E-state index contributed by atoms with van der Waals surface area (Å²) in [5.41, 5.74) is -1.20. The molecule has 0 N–H and O–H groups in total. The van der Waals surface area contributed by atoms with Crippen LogP contribution in [0.25, 0.3) is 0 Å². The molecule has 0 aromatic heterocycles. The van der Waals surface area contributed by atoms with Gasteiger partial charge in [0.15, 0.2) is 14.7 Å². The standard InChI is InChI=1S/C18H15S.C16H19ClF6O5S/c1-4-10-16(11-5-1)19(17-12-6-2-7-13-17)18-14-8-3-9-15-18;17-7-12-2-9-1-10(3-12)5-13(4-9,6-12)8-28-11(24)14(15(18,19)20,16(21,22)23)29(25,26)27/h1-15H;9-10H,1-8H2,(H,25,26,27)/q+1;/p-1. The van der Waals surface area contributed by atoms with Crippen molar-refractivity contribution in [3.8, 4) is 0 Å². The van der Waals surface area contributed by atoms with Crippen LogP contribution in [0.3, 0.4) is 0 Å². The van der Waals surface area contributed by atoms with Crippen LogP contribution in [0.1, 0.15) is 38.5 Å². The topological polar surface area (TPSA) is 83.5 Å². The van der Waals surface area contributed by atoms with Crippen molar-refractivity contribution in [2.75, 3.05) is 12.5 Å². The SMILES string of the molecule is O=C(OCC12CC3CC(CC(CCl)(C3)C1)C2)C(C(F)(F)F)(C(F)(F)F)S(=O)(=O)[O-].c1ccc([S+](c2ccccc2)c2ccccc2)cc1. The third kappa shape index (κ3) is 6.97. The van der Waals surface area contributed by atoms with E-state index in [9.17, 15) is 44.1 Å². The molecule has 5 nitrogen and oxygen atoms in total. The van der Waals surface area contributed by atoms with Gasteiger partial charge in [-0.2, -0.15) is 26.3 Å². The molecule has 4 saturated carbocycles. The number of esters is 1. The van der Waals surface area contributed by atoms with Crippen LogP contribution in [0.5, 0.6) is 0 Å². The normalized spacial score (nSPS) is 25.4. The predicted octanol–water partition coefficient (Wildman–Crippen LogP) is 8.55. The van der Waals surface area contributed by atoms with Gasteiger partial charge in [-0.3, -0.25) is 0 Å². The molecule has 7 rings (SSSR count). The molecule has 0 spiro atoms. The van der Waals surface area contributed by atoms with Crippen molar-refractivity contribution in [3.63, 3.8) is 0 Å². The van der Waals surface area contributed by atoms with E-state index in [1.54, 1.807) is 0 Å². The first-order valence-corrected chi connectivity index (χ1v) is 18.3. The van der Waals surface area contributed by atoms with Crippen molar-refractivity contribution in [2.45, 2.75) is 70.3 Å². The lowest BCUT2D eigenvalue weighted by Gasteiger charge is -2.61. The molecule has 48 heavy (non-hydrogen) atoms. The Bertz CT molecular complexity index is 1550. The van der Waals surface area contributed by atoms with Crippen LogP contribution >= 0.6 is 11.6 Å². The van der Waals surface area contributed by atoms with Gasteiger partial charge in [0, 0.05) is 11.3 Å². The first kappa shape index (κ1) is 36.5. The summed E-state index contributed by atoms with van der Waals surface area (Å²) in [4.78, 5) is 16.1. The minimum atomic E-state index is -7.23. The monoisotopic (exact) mass is 734 g/mol. The van der Waals surface area contributed by atoms with Crippen LogP contribution in [0.4, 0.5) is 26.3 Å². The maximum atomic E-state index is 13.2. The van der Waals surface area contributed by atoms with Gasteiger partial charge in [-0.25, -0.2) is 13.2 Å². The molecule has 14 heteroatoms. The number of hydrogen-bond donors (Lipinski definition) is 0. The summed E-state index contributed by atoms with van der Waals surface area (Å²) in [6.07, 6.45) is -9.81. The van der Waals surface area contributed by atoms with Gasteiger partial charge in [0.05, 0.1) is 17.5 Å². The van der Waals surface area contributed by atoms with E-state index in [0.29, 0.717) is 19.3 Å². The van der Waals surface area contributed by atoms with Crippen LogP contribution in [0, 0.1) is 22.7 Å². The average Bonchev–Trinajstić information content (AvgIpc) is 3.00. The van der Waals surface area contributed by atoms with Crippen molar-refractivity contribution in [1.29, 1.82) is 0 Å². The molecule has 0 radical (unpaired) electrons. The highest BCUT2D eigenvalue weighted by molar-refractivity contribution is 7.97. The van der Waals surface area contributed by atoms with Gasteiger partial charge in [-0.1, -0.05) is 54.6 Å². The second-order valence-corrected chi connectivity index (χ2v) is 16.9. The molecule has 2 atom stereocenters. The molecule has 0 aliphatic heterocycles. The fourth-order valence-corrected chi connectivity index (χ4v) is 11.4. The van der Waals surface area contributed by atoms with Gasteiger partial charge >= 0.3 is 23.1 Å². The second kappa shape index (κ2) is 13.5. The van der Waals surface area contributed by atoms with Gasteiger partial charge in [0.25, 0.3) is 0 Å². The number of carbonyl (C=O) groups is 1. The molecule has 4 fully saturated rings. The van der Waals surface area contributed by atoms with Crippen LogP contribution in [0.2, 0.25) is 0 Å². The highest BCUT2D eigenvalue weighted by atomic mass is 35.5. The van der Waals surface area contributed by atoms with Crippen molar-refractivity contribution < 1.29 is 48.8 Å². The van der Waals surface area contributed by atoms with Gasteiger partial charge in [-0.15, -0.1) is 11.6 Å². The Kier molecular flexibility index (Phi) is 10.3. The van der Waals surface area contributed by atoms with E-state index in [1.165, 1.54) is 14.7 Å². The molecule has 0 saturated heterocycles. The minimum Gasteiger partial charge on any atom is -0.747 e. The summed E-state index contributed by atoms with van der Waals surface area (Å²) in [5, 5.41) is 0. The van der Waals surface area contributed by atoms with Crippen LogP contribution in [0.15, 0.2) is 106 Å². The molecule has 3 aromatic carbocycles. The Balaban J connectivity index is 0.000000204. The Morgan fingerprint density at radius 2 is 1.12 bits per heavy atom. The Hall–Kier alpha value is -2.74. The highest BCUT2D eigenvalue weighted by Crippen LogP contribution is 2.65. The number of rotatable bonds is 8. The molecule has 3 aromatic rings. The lowest BCUT2D eigenvalue weighted by Crippen LogP contribution is -2.67. The smallest absolute Gasteiger partial charge is 0.426 e. The van der Waals surface area contributed by atoms with E-state index >= 15 is 0 Å². The van der Waals surface area contributed by atoms with Crippen molar-refractivity contribution in [3.05, 3.63) is 91.0 Å². The first-order valence-electron chi connectivity index (χ1n) is 15.2. The summed E-state index contributed by atoms with van der Waals surface area (Å²) in [7, 11) is -7.25. The molecule has 0 heterocycles. The van der Waals surface area contributed by atoms with Gasteiger partial charge in [0.1, 0.15) is 10.1 Å². The third-order valence-corrected chi connectivity index (χ3v) is 13.7. The zero-order chi connectivity index (χ0) is 35.0. The number of hydrogen-bond acceptors (Lipinski definition) is 5. The van der Waals surface area contributed by atoms with Crippen molar-refractivity contribution in [1.82, 2.24) is 0 Å². The lowest BCUT2D eigenvalue weighted by atomic mass is 9.45. The Morgan fingerprint density at radius 3 is 1.46 bits per heavy atom. The Morgan fingerprint density at radius 1 is 0.750 bits per heavy atom. The van der Waals surface area contributed by atoms with Crippen molar-refractivity contribution >= 4 is 38.6 Å². The van der Waals surface area contributed by atoms with Crippen LogP contribution in [-0.2, 0) is 30.5 Å². The molecule has 4 aliphatic carbocycles. The summed E-state index contributed by atoms with van der Waals surface area (Å²) in [5.74, 6) is -2.57. The molecule has 4 bridgehead atoms. The number of halogens is 7. The zero-order valence-electron chi connectivity index (χ0n) is 25.5. The van der Waals surface area contributed by atoms with Gasteiger partial charge in [-0.05, 0) is 92.2 Å². The molecule has 4 aliphatic rings. The van der Waals surface area contributed by atoms with E-state index in [-0.39, 0.29) is 34.0 Å². The van der Waals surface area contributed by atoms with E-state index in [4.69, 9.17) is 11.6 Å². The first-order chi connectivity index (χ1) is 22.5. The van der Waals surface area contributed by atoms with Crippen LogP contribution in [-0.4, -0.2) is 48.5 Å². The maximum Gasteiger partial charge on any atom is 0.426 e.